The van der Waals surface area contributed by atoms with Crippen LogP contribution in [-0.2, 0) is 0 Å². The van der Waals surface area contributed by atoms with Gasteiger partial charge in [0.05, 0.1) is 11.6 Å². The summed E-state index contributed by atoms with van der Waals surface area (Å²) < 4.78 is 0. The number of phenols is 1. The van der Waals surface area contributed by atoms with Crippen LogP contribution in [0.2, 0.25) is 0 Å². The van der Waals surface area contributed by atoms with Gasteiger partial charge in [-0.1, -0.05) is 20.8 Å². The molecule has 1 N–H and O–H groups in total. The van der Waals surface area contributed by atoms with Crippen LogP contribution in [0.1, 0.15) is 43.4 Å². The van der Waals surface area contributed by atoms with E-state index >= 15 is 0 Å². The molecule has 0 amide bonds. The summed E-state index contributed by atoms with van der Waals surface area (Å²) in [6, 6.07) is 3.95. The summed E-state index contributed by atoms with van der Waals surface area (Å²) in [6.07, 6.45) is 0. The van der Waals surface area contributed by atoms with Gasteiger partial charge in [0, 0.05) is 10.8 Å². The van der Waals surface area contributed by atoms with E-state index in [4.69, 9.17) is 0 Å². The van der Waals surface area contributed by atoms with Gasteiger partial charge >= 0.3 is 0 Å². The number of aryl methyl sites for hydroxylation is 1. The molecule has 0 aliphatic carbocycles. The van der Waals surface area contributed by atoms with Crippen LogP contribution in [0.4, 0.5) is 0 Å². The first-order valence-corrected chi connectivity index (χ1v) is 6.92. The maximum absolute atomic E-state index is 9.82. The number of aromatic hydroxyl groups is 1. The fourth-order valence-corrected chi connectivity index (χ4v) is 2.98. The van der Waals surface area contributed by atoms with Crippen molar-refractivity contribution >= 4 is 29.2 Å². The highest BCUT2D eigenvalue weighted by Crippen LogP contribution is 2.33. The molecule has 2 nitrogen and oxygen atoms in total. The average molecular weight is 286 g/mol. The Kier molecular flexibility index (Phi) is 5.11. The third-order valence-corrected chi connectivity index (χ3v) is 4.15. The third-order valence-electron chi connectivity index (χ3n) is 3.03. The van der Waals surface area contributed by atoms with Crippen molar-refractivity contribution in [2.75, 3.05) is 6.54 Å². The fraction of sp³-hybridized carbons (Fsp3) is 0.500. The van der Waals surface area contributed by atoms with E-state index in [9.17, 15) is 5.11 Å². The summed E-state index contributed by atoms with van der Waals surface area (Å²) in [5.74, 6) is 0.782. The predicted molar refractivity (Wildman–Crippen MR) is 82.6 cm³/mol. The second-order valence-corrected chi connectivity index (χ2v) is 6.38. The molecule has 4 heteroatoms. The molecular weight excluding hydrogens is 266 g/mol. The molecule has 1 aliphatic rings. The van der Waals surface area contributed by atoms with Gasteiger partial charge in [-0.05, 0) is 36.1 Å². The smallest absolute Gasteiger partial charge is 0.118 e. The first-order chi connectivity index (χ1) is 7.99. The van der Waals surface area contributed by atoms with Crippen LogP contribution in [-0.4, -0.2) is 21.9 Å². The van der Waals surface area contributed by atoms with Crippen molar-refractivity contribution in [1.29, 1.82) is 0 Å². The monoisotopic (exact) mass is 285 g/mol. The normalized spacial score (nSPS) is 18.7. The van der Waals surface area contributed by atoms with Crippen LogP contribution >= 0.6 is 24.2 Å². The van der Waals surface area contributed by atoms with E-state index in [-0.39, 0.29) is 12.4 Å². The highest BCUT2D eigenvalue weighted by Gasteiger charge is 2.21. The molecule has 1 unspecified atom stereocenters. The van der Waals surface area contributed by atoms with E-state index in [1.165, 1.54) is 11.1 Å². The Hall–Kier alpha value is -0.670. The first kappa shape index (κ1) is 15.4. The number of thioether (sulfide) groups is 1. The Balaban J connectivity index is 0.00000162. The molecule has 1 atom stereocenters. The molecule has 2 rings (SSSR count). The number of aliphatic imine (C=N–C) groups is 1. The minimum atomic E-state index is 0. The number of halogens is 1. The molecule has 1 aliphatic heterocycles. The summed E-state index contributed by atoms with van der Waals surface area (Å²) in [5.41, 5.74) is 3.31. The minimum absolute atomic E-state index is 0. The summed E-state index contributed by atoms with van der Waals surface area (Å²) in [4.78, 5) is 4.60. The molecule has 1 aromatic rings. The van der Waals surface area contributed by atoms with Gasteiger partial charge in [0.1, 0.15) is 5.75 Å². The standard InChI is InChI=1S/C14H19NOS.ClH/c1-8(2)11-6-13(16)9(3)5-12(11)14-15-7-10(4)17-14;/h5-6,8,10,16H,7H2,1-4H3;1H. The molecule has 0 saturated carbocycles. The minimum Gasteiger partial charge on any atom is -0.508 e. The fourth-order valence-electron chi connectivity index (χ4n) is 2.00. The molecule has 0 spiro atoms. The van der Waals surface area contributed by atoms with Crippen molar-refractivity contribution in [2.24, 2.45) is 4.99 Å². The molecule has 0 aromatic heterocycles. The topological polar surface area (TPSA) is 32.6 Å². The maximum Gasteiger partial charge on any atom is 0.118 e. The van der Waals surface area contributed by atoms with Crippen LogP contribution in [0.5, 0.6) is 5.75 Å². The zero-order chi connectivity index (χ0) is 12.6. The van der Waals surface area contributed by atoms with E-state index in [1.807, 2.05) is 24.8 Å². The van der Waals surface area contributed by atoms with Gasteiger partial charge < -0.3 is 5.11 Å². The van der Waals surface area contributed by atoms with Crippen molar-refractivity contribution in [3.8, 4) is 5.75 Å². The molecule has 0 radical (unpaired) electrons. The number of phenolic OH excluding ortho intramolecular Hbond substituents is 1. The lowest BCUT2D eigenvalue weighted by Gasteiger charge is -2.15. The number of nitrogens with zero attached hydrogens (tertiary/aromatic N) is 1. The quantitative estimate of drug-likeness (QED) is 0.886. The second-order valence-electron chi connectivity index (χ2n) is 4.95. The Morgan fingerprint density at radius 1 is 1.39 bits per heavy atom. The third kappa shape index (κ3) is 3.01. The Labute approximate surface area is 119 Å². The van der Waals surface area contributed by atoms with Gasteiger partial charge in [-0.25, -0.2) is 0 Å². The molecule has 0 saturated heterocycles. The zero-order valence-corrected chi connectivity index (χ0v) is 12.9. The van der Waals surface area contributed by atoms with Gasteiger partial charge in [0.2, 0.25) is 0 Å². The predicted octanol–water partition coefficient (Wildman–Crippen LogP) is 4.13. The molecule has 18 heavy (non-hydrogen) atoms. The summed E-state index contributed by atoms with van der Waals surface area (Å²) in [7, 11) is 0. The Morgan fingerprint density at radius 3 is 2.56 bits per heavy atom. The van der Waals surface area contributed by atoms with E-state index in [2.05, 4.69) is 31.8 Å². The van der Waals surface area contributed by atoms with Crippen LogP contribution in [0.3, 0.4) is 0 Å². The molecule has 100 valence electrons. The van der Waals surface area contributed by atoms with E-state index < -0.39 is 0 Å². The second kappa shape index (κ2) is 5.98. The Bertz CT molecular complexity index is 471. The van der Waals surface area contributed by atoms with Gasteiger partial charge in [-0.3, -0.25) is 4.99 Å². The van der Waals surface area contributed by atoms with Gasteiger partial charge in [0.25, 0.3) is 0 Å². The highest BCUT2D eigenvalue weighted by molar-refractivity contribution is 8.15. The number of rotatable bonds is 2. The van der Waals surface area contributed by atoms with Gasteiger partial charge in [-0.15, -0.1) is 24.2 Å². The van der Waals surface area contributed by atoms with Crippen molar-refractivity contribution in [1.82, 2.24) is 0 Å². The van der Waals surface area contributed by atoms with Crippen LogP contribution in [0.15, 0.2) is 17.1 Å². The van der Waals surface area contributed by atoms with E-state index in [1.54, 1.807) is 0 Å². The van der Waals surface area contributed by atoms with Crippen molar-refractivity contribution in [3.63, 3.8) is 0 Å². The lowest BCUT2D eigenvalue weighted by atomic mass is 9.95. The largest absolute Gasteiger partial charge is 0.508 e. The number of benzene rings is 1. The Morgan fingerprint density at radius 2 is 2.06 bits per heavy atom. The van der Waals surface area contributed by atoms with Crippen LogP contribution in [0.25, 0.3) is 0 Å². The molecule has 0 fully saturated rings. The SMILES string of the molecule is Cc1cc(C2=NCC(C)S2)c(C(C)C)cc1O.Cl. The molecule has 1 heterocycles. The zero-order valence-electron chi connectivity index (χ0n) is 11.2. The average Bonchev–Trinajstić information content (AvgIpc) is 2.68. The maximum atomic E-state index is 9.82. The van der Waals surface area contributed by atoms with Crippen molar-refractivity contribution in [3.05, 3.63) is 28.8 Å². The van der Waals surface area contributed by atoms with E-state index in [0.29, 0.717) is 16.9 Å². The van der Waals surface area contributed by atoms with Crippen molar-refractivity contribution < 1.29 is 5.11 Å². The highest BCUT2D eigenvalue weighted by atomic mass is 35.5. The molecule has 0 bridgehead atoms. The molecular formula is C14H20ClNOS. The summed E-state index contributed by atoms with van der Waals surface area (Å²) in [6.45, 7) is 9.34. The lowest BCUT2D eigenvalue weighted by Crippen LogP contribution is -2.03. The molecule has 1 aromatic carbocycles. The summed E-state index contributed by atoms with van der Waals surface area (Å²) in [5, 5.41) is 11.5. The van der Waals surface area contributed by atoms with E-state index in [0.717, 1.165) is 17.2 Å². The first-order valence-electron chi connectivity index (χ1n) is 6.04. The van der Waals surface area contributed by atoms with Crippen LogP contribution < -0.4 is 0 Å². The van der Waals surface area contributed by atoms with Crippen LogP contribution in [0, 0.1) is 6.92 Å². The van der Waals surface area contributed by atoms with Gasteiger partial charge in [0.15, 0.2) is 0 Å². The van der Waals surface area contributed by atoms with Crippen molar-refractivity contribution in [2.45, 2.75) is 38.9 Å². The summed E-state index contributed by atoms with van der Waals surface area (Å²) >= 11 is 1.83. The van der Waals surface area contributed by atoms with Gasteiger partial charge in [-0.2, -0.15) is 0 Å². The number of hydrogen-bond donors (Lipinski definition) is 1. The number of hydrogen-bond acceptors (Lipinski definition) is 3. The lowest BCUT2D eigenvalue weighted by molar-refractivity contribution is 0.470.